The van der Waals surface area contributed by atoms with Crippen molar-refractivity contribution in [2.75, 3.05) is 26.3 Å². The smallest absolute Gasteiger partial charge is 0.220 e. The Morgan fingerprint density at radius 3 is 1.96 bits per heavy atom. The number of ketones is 1. The Hall–Kier alpha value is -1.56. The van der Waals surface area contributed by atoms with Crippen LogP contribution in [0.4, 0.5) is 0 Å². The summed E-state index contributed by atoms with van der Waals surface area (Å²) in [7, 11) is 0. The number of hydrogen-bond donors (Lipinski definition) is 3. The lowest BCUT2D eigenvalue weighted by Crippen LogP contribution is -2.50. The molecule has 258 valence electrons. The van der Waals surface area contributed by atoms with E-state index >= 15 is 0 Å². The maximum absolute atomic E-state index is 12.9. The first kappa shape index (κ1) is 41.5. The normalized spacial score (nSPS) is 13.4. The largest absolute Gasteiger partial charge is 0.373 e. The molecule has 0 unspecified atom stereocenters. The molecule has 0 radical (unpaired) electrons. The molecule has 45 heavy (non-hydrogen) atoms. The molecule has 0 saturated carbocycles. The summed E-state index contributed by atoms with van der Waals surface area (Å²) >= 11 is 2.29. The van der Waals surface area contributed by atoms with E-state index in [1.54, 1.807) is 0 Å². The van der Waals surface area contributed by atoms with Crippen molar-refractivity contribution in [1.29, 1.82) is 0 Å². The second-order valence-corrected chi connectivity index (χ2v) is 16.6. The summed E-state index contributed by atoms with van der Waals surface area (Å²) in [4.78, 5) is 37.6. The standard InChI is InChI=1S/C36H62IN3O5/c1-33(2,3)32(43)29(40-34(4,5)6)15-11-12-23-38-31(42)21-22-35(7,8)45-26-36(9,10)44-25-24-39-30(41)16-13-14-27-17-19-28(37)20-18-27/h17-20,29,40H,11-16,21-26H2,1-10H3,(H,38,42)(H,39,41)/t29-/m0/s1. The van der Waals surface area contributed by atoms with Gasteiger partial charge in [-0.05, 0) is 127 Å². The van der Waals surface area contributed by atoms with Gasteiger partial charge in [0.05, 0.1) is 30.5 Å². The number of aryl methyl sites for hydroxylation is 1. The molecule has 1 aromatic rings. The van der Waals surface area contributed by atoms with Crippen molar-refractivity contribution in [1.82, 2.24) is 16.0 Å². The van der Waals surface area contributed by atoms with E-state index in [2.05, 4.69) is 83.6 Å². The number of halogens is 1. The minimum absolute atomic E-state index is 0.00611. The molecule has 1 atom stereocenters. The zero-order valence-electron chi connectivity index (χ0n) is 29.8. The van der Waals surface area contributed by atoms with E-state index in [4.69, 9.17) is 9.47 Å². The highest BCUT2D eigenvalue weighted by Crippen LogP contribution is 2.22. The van der Waals surface area contributed by atoms with Gasteiger partial charge in [0.2, 0.25) is 11.8 Å². The third kappa shape index (κ3) is 20.3. The van der Waals surface area contributed by atoms with Crippen LogP contribution in [0.1, 0.15) is 120 Å². The van der Waals surface area contributed by atoms with Crippen LogP contribution in [0, 0.1) is 8.99 Å². The Labute approximate surface area is 287 Å². The van der Waals surface area contributed by atoms with Gasteiger partial charge in [0.15, 0.2) is 5.78 Å². The Morgan fingerprint density at radius 2 is 1.36 bits per heavy atom. The zero-order chi connectivity index (χ0) is 34.3. The summed E-state index contributed by atoms with van der Waals surface area (Å²) in [6.45, 7) is 21.9. The van der Waals surface area contributed by atoms with Crippen LogP contribution in [0.15, 0.2) is 24.3 Å². The predicted octanol–water partition coefficient (Wildman–Crippen LogP) is 6.76. The highest BCUT2D eigenvalue weighted by Gasteiger charge is 2.31. The molecule has 0 heterocycles. The Bertz CT molecular complexity index is 1040. The average Bonchev–Trinajstić information content (AvgIpc) is 2.92. The summed E-state index contributed by atoms with van der Waals surface area (Å²) < 4.78 is 13.4. The summed E-state index contributed by atoms with van der Waals surface area (Å²) in [5, 5.41) is 9.43. The number of amides is 2. The number of rotatable bonds is 21. The van der Waals surface area contributed by atoms with Gasteiger partial charge in [-0.3, -0.25) is 14.4 Å². The van der Waals surface area contributed by atoms with Crippen molar-refractivity contribution in [3.05, 3.63) is 33.4 Å². The van der Waals surface area contributed by atoms with Crippen molar-refractivity contribution < 1.29 is 23.9 Å². The number of carbonyl (C=O) groups excluding carboxylic acids is 3. The van der Waals surface area contributed by atoms with Crippen molar-refractivity contribution in [2.45, 2.75) is 143 Å². The van der Waals surface area contributed by atoms with Gasteiger partial charge >= 0.3 is 0 Å². The monoisotopic (exact) mass is 743 g/mol. The third-order valence-corrected chi connectivity index (χ3v) is 8.09. The van der Waals surface area contributed by atoms with Gasteiger partial charge in [-0.25, -0.2) is 0 Å². The van der Waals surface area contributed by atoms with Gasteiger partial charge in [-0.2, -0.15) is 0 Å². The van der Waals surface area contributed by atoms with Crippen LogP contribution in [0.3, 0.4) is 0 Å². The summed E-state index contributed by atoms with van der Waals surface area (Å²) in [6, 6.07) is 8.20. The molecule has 0 aromatic heterocycles. The maximum atomic E-state index is 12.9. The molecule has 8 nitrogen and oxygen atoms in total. The number of ether oxygens (including phenoxy) is 2. The van der Waals surface area contributed by atoms with Gasteiger partial charge < -0.3 is 25.4 Å². The van der Waals surface area contributed by atoms with Crippen LogP contribution in [0.2, 0.25) is 0 Å². The molecule has 0 spiro atoms. The van der Waals surface area contributed by atoms with Crippen LogP contribution in [0.5, 0.6) is 0 Å². The van der Waals surface area contributed by atoms with Crippen molar-refractivity contribution in [2.24, 2.45) is 5.41 Å². The number of unbranched alkanes of at least 4 members (excludes halogenated alkanes) is 1. The van der Waals surface area contributed by atoms with E-state index in [1.807, 2.05) is 48.5 Å². The Morgan fingerprint density at radius 1 is 0.756 bits per heavy atom. The first-order valence-electron chi connectivity index (χ1n) is 16.6. The number of nitrogens with one attached hydrogen (secondary N) is 3. The lowest BCUT2D eigenvalue weighted by Gasteiger charge is -2.32. The lowest BCUT2D eigenvalue weighted by molar-refractivity contribution is -0.131. The van der Waals surface area contributed by atoms with Crippen molar-refractivity contribution in [3.63, 3.8) is 0 Å². The van der Waals surface area contributed by atoms with E-state index in [0.717, 1.165) is 32.1 Å². The van der Waals surface area contributed by atoms with E-state index in [-0.39, 0.29) is 29.2 Å². The third-order valence-electron chi connectivity index (χ3n) is 7.37. The fourth-order valence-corrected chi connectivity index (χ4v) is 5.07. The first-order chi connectivity index (χ1) is 20.7. The molecule has 3 N–H and O–H groups in total. The van der Waals surface area contributed by atoms with Crippen LogP contribution in [-0.2, 0) is 30.3 Å². The molecule has 0 aliphatic carbocycles. The molecular formula is C36H62IN3O5. The second kappa shape index (κ2) is 19.3. The van der Waals surface area contributed by atoms with Crippen LogP contribution in [0.25, 0.3) is 0 Å². The molecule has 9 heteroatoms. The summed E-state index contributed by atoms with van der Waals surface area (Å²) in [5.74, 6) is 0.269. The van der Waals surface area contributed by atoms with Crippen LogP contribution in [-0.4, -0.2) is 66.7 Å². The van der Waals surface area contributed by atoms with Gasteiger partial charge in [0.1, 0.15) is 0 Å². The highest BCUT2D eigenvalue weighted by molar-refractivity contribution is 14.1. The van der Waals surface area contributed by atoms with Gasteiger partial charge in [-0.15, -0.1) is 0 Å². The van der Waals surface area contributed by atoms with Gasteiger partial charge in [-0.1, -0.05) is 32.9 Å². The molecule has 0 saturated heterocycles. The molecule has 1 rings (SSSR count). The van der Waals surface area contributed by atoms with Crippen LogP contribution < -0.4 is 16.0 Å². The predicted molar refractivity (Wildman–Crippen MR) is 192 cm³/mol. The van der Waals surface area contributed by atoms with Crippen LogP contribution >= 0.6 is 22.6 Å². The molecule has 0 aliphatic heterocycles. The molecule has 0 bridgehead atoms. The summed E-state index contributed by atoms with van der Waals surface area (Å²) in [5.41, 5.74) is -0.300. The average molecular weight is 744 g/mol. The first-order valence-corrected chi connectivity index (χ1v) is 17.6. The van der Waals surface area contributed by atoms with E-state index < -0.39 is 16.6 Å². The van der Waals surface area contributed by atoms with E-state index in [0.29, 0.717) is 45.6 Å². The number of carbonyl (C=O) groups is 3. The number of hydrogen-bond acceptors (Lipinski definition) is 6. The number of benzene rings is 1. The Kier molecular flexibility index (Phi) is 17.8. The molecule has 1 aromatic carbocycles. The van der Waals surface area contributed by atoms with E-state index in [9.17, 15) is 14.4 Å². The lowest BCUT2D eigenvalue weighted by atomic mass is 9.84. The fraction of sp³-hybridized carbons (Fsp3) is 0.750. The molecule has 0 fully saturated rings. The quantitative estimate of drug-likeness (QED) is 0.0950. The SMILES string of the molecule is CC(C)(C)N[C@@H](CCCCNC(=O)CCC(C)(C)OCC(C)(C)OCCNC(=O)CCCc1ccc(I)cc1)C(=O)C(C)(C)C. The minimum atomic E-state index is -0.525. The Balaban J connectivity index is 2.25. The fourth-order valence-electron chi connectivity index (χ4n) is 4.71. The topological polar surface area (TPSA) is 106 Å². The van der Waals surface area contributed by atoms with Gasteiger partial charge in [0, 0.05) is 40.5 Å². The summed E-state index contributed by atoms with van der Waals surface area (Å²) in [6.07, 6.45) is 5.60. The molecule has 0 aliphatic rings. The van der Waals surface area contributed by atoms with Crippen molar-refractivity contribution >= 4 is 40.2 Å². The number of Topliss-reactive ketones (excluding diaryl/α,β-unsaturated/α-hetero) is 1. The minimum Gasteiger partial charge on any atom is -0.373 e. The molecular weight excluding hydrogens is 681 g/mol. The second-order valence-electron chi connectivity index (χ2n) is 15.4. The van der Waals surface area contributed by atoms with E-state index in [1.165, 1.54) is 9.13 Å². The molecule has 2 amide bonds. The highest BCUT2D eigenvalue weighted by atomic mass is 127. The van der Waals surface area contributed by atoms with Crippen molar-refractivity contribution in [3.8, 4) is 0 Å². The van der Waals surface area contributed by atoms with Gasteiger partial charge in [0.25, 0.3) is 0 Å². The zero-order valence-corrected chi connectivity index (χ0v) is 31.9. The maximum Gasteiger partial charge on any atom is 0.220 e.